The van der Waals surface area contributed by atoms with Crippen LogP contribution in [0, 0.1) is 3.57 Å². The summed E-state index contributed by atoms with van der Waals surface area (Å²) in [6, 6.07) is 3.96. The van der Waals surface area contributed by atoms with Crippen molar-refractivity contribution in [2.75, 3.05) is 12.3 Å². The van der Waals surface area contributed by atoms with Crippen LogP contribution in [0.2, 0.25) is 0 Å². The van der Waals surface area contributed by atoms with Crippen LogP contribution in [-0.2, 0) is 23.0 Å². The Hall–Kier alpha value is -1.77. The van der Waals surface area contributed by atoms with Crippen molar-refractivity contribution < 1.29 is 13.2 Å². The topological polar surface area (TPSA) is 133 Å². The van der Waals surface area contributed by atoms with E-state index in [2.05, 4.69) is 42.3 Å². The summed E-state index contributed by atoms with van der Waals surface area (Å²) in [6.07, 6.45) is 2.68. The van der Waals surface area contributed by atoms with Crippen LogP contribution in [0.25, 0.3) is 11.2 Å². The van der Waals surface area contributed by atoms with E-state index in [0.29, 0.717) is 29.3 Å². The molecule has 0 atom stereocenters. The third-order valence-corrected chi connectivity index (χ3v) is 9.22. The van der Waals surface area contributed by atoms with Crippen LogP contribution in [-0.4, -0.2) is 45.5 Å². The molecule has 3 aromatic rings. The maximum Gasteiger partial charge on any atom is 0.213 e. The van der Waals surface area contributed by atoms with Gasteiger partial charge in [-0.1, -0.05) is 11.8 Å². The molecule has 1 aliphatic rings. The Kier molecular flexibility index (Phi) is 6.25. The quantitative estimate of drug-likeness (QED) is 0.413. The van der Waals surface area contributed by atoms with Crippen LogP contribution < -0.4 is 10.5 Å². The highest BCUT2D eigenvalue weighted by Gasteiger charge is 2.23. The number of ketones is 1. The van der Waals surface area contributed by atoms with E-state index < -0.39 is 15.3 Å². The summed E-state index contributed by atoms with van der Waals surface area (Å²) in [6.45, 7) is 3.76. The fourth-order valence-electron chi connectivity index (χ4n) is 3.30. The first-order chi connectivity index (χ1) is 14.7. The van der Waals surface area contributed by atoms with Crippen LogP contribution in [0.3, 0.4) is 0 Å². The van der Waals surface area contributed by atoms with Gasteiger partial charge in [0, 0.05) is 33.5 Å². The molecule has 3 N–H and O–H groups in total. The minimum absolute atomic E-state index is 0.153. The summed E-state index contributed by atoms with van der Waals surface area (Å²) in [7, 11) is -3.39. The standard InChI is InChI=1S/C19H21IN6O3S2/c1-10(2)31(28,29)24-5-6-26-18-16(17(21)22-9-23-18)25-19(26)30-15-8-12-11(7-13(15)20)3-4-14(12)27/h7-10,24H,3-6H2,1-2H3,(H2,21,22,23). The van der Waals surface area contributed by atoms with Gasteiger partial charge in [0.15, 0.2) is 27.9 Å². The molecule has 1 aromatic carbocycles. The molecule has 0 fully saturated rings. The van der Waals surface area contributed by atoms with Crippen molar-refractivity contribution in [2.45, 2.75) is 48.5 Å². The Labute approximate surface area is 197 Å². The summed E-state index contributed by atoms with van der Waals surface area (Å²) >= 11 is 3.66. The largest absolute Gasteiger partial charge is 0.382 e. The molecule has 0 aliphatic heterocycles. The number of aromatic nitrogens is 4. The lowest BCUT2D eigenvalue weighted by atomic mass is 10.1. The molecule has 0 unspecified atom stereocenters. The van der Waals surface area contributed by atoms with E-state index in [1.54, 1.807) is 13.8 Å². The van der Waals surface area contributed by atoms with Crippen molar-refractivity contribution in [2.24, 2.45) is 0 Å². The molecule has 4 rings (SSSR count). The van der Waals surface area contributed by atoms with Crippen molar-refractivity contribution in [3.63, 3.8) is 0 Å². The SMILES string of the molecule is CC(C)S(=O)(=O)NCCn1c(Sc2cc3c(cc2I)CCC3=O)nc2c(N)ncnc21. The molecule has 2 aromatic heterocycles. The molecule has 1 aliphatic carbocycles. The first-order valence-corrected chi connectivity index (χ1v) is 13.1. The lowest BCUT2D eigenvalue weighted by Crippen LogP contribution is -2.33. The Balaban J connectivity index is 1.69. The van der Waals surface area contributed by atoms with Gasteiger partial charge in [0.05, 0.1) is 5.25 Å². The predicted molar refractivity (Wildman–Crippen MR) is 128 cm³/mol. The molecule has 0 radical (unpaired) electrons. The van der Waals surface area contributed by atoms with E-state index in [1.165, 1.54) is 18.1 Å². The number of nitrogen functional groups attached to an aromatic ring is 1. The van der Waals surface area contributed by atoms with E-state index in [1.807, 2.05) is 16.7 Å². The van der Waals surface area contributed by atoms with Gasteiger partial charge in [-0.15, -0.1) is 0 Å². The second-order valence-electron chi connectivity index (χ2n) is 7.43. The highest BCUT2D eigenvalue weighted by atomic mass is 127. The maximum atomic E-state index is 12.2. The second kappa shape index (κ2) is 8.64. The number of fused-ring (bicyclic) bond motifs is 2. The molecule has 0 saturated carbocycles. The summed E-state index contributed by atoms with van der Waals surface area (Å²) in [4.78, 5) is 26.0. The highest BCUT2D eigenvalue weighted by molar-refractivity contribution is 14.1. The average molecular weight is 572 g/mol. The number of hydrogen-bond acceptors (Lipinski definition) is 8. The smallest absolute Gasteiger partial charge is 0.213 e. The number of aryl methyl sites for hydroxylation is 1. The molecule has 31 heavy (non-hydrogen) atoms. The minimum atomic E-state index is -3.39. The van der Waals surface area contributed by atoms with E-state index >= 15 is 0 Å². The zero-order valence-electron chi connectivity index (χ0n) is 16.9. The Morgan fingerprint density at radius 1 is 1.29 bits per heavy atom. The number of halogens is 1. The lowest BCUT2D eigenvalue weighted by Gasteiger charge is -2.12. The molecule has 0 saturated heterocycles. The number of nitrogens with two attached hydrogens (primary N) is 1. The monoisotopic (exact) mass is 572 g/mol. The summed E-state index contributed by atoms with van der Waals surface area (Å²) in [5.41, 5.74) is 8.83. The Bertz CT molecular complexity index is 1290. The molecule has 9 nitrogen and oxygen atoms in total. The maximum absolute atomic E-state index is 12.2. The number of nitrogens with zero attached hydrogens (tertiary/aromatic N) is 4. The fourth-order valence-corrected chi connectivity index (χ4v) is 5.83. The van der Waals surface area contributed by atoms with Crippen LogP contribution >= 0.6 is 34.4 Å². The zero-order valence-corrected chi connectivity index (χ0v) is 20.7. The minimum Gasteiger partial charge on any atom is -0.382 e. The van der Waals surface area contributed by atoms with Crippen LogP contribution in [0.15, 0.2) is 28.5 Å². The van der Waals surface area contributed by atoms with Gasteiger partial charge in [0.25, 0.3) is 0 Å². The van der Waals surface area contributed by atoms with Gasteiger partial charge >= 0.3 is 0 Å². The van der Waals surface area contributed by atoms with Crippen molar-refractivity contribution in [1.82, 2.24) is 24.2 Å². The van der Waals surface area contributed by atoms with E-state index in [4.69, 9.17) is 5.73 Å². The molecule has 164 valence electrons. The number of nitrogens with one attached hydrogen (secondary N) is 1. The van der Waals surface area contributed by atoms with Crippen LogP contribution in [0.1, 0.15) is 36.2 Å². The van der Waals surface area contributed by atoms with E-state index in [9.17, 15) is 13.2 Å². The molecule has 0 bridgehead atoms. The number of carbonyl (C=O) groups is 1. The fraction of sp³-hybridized carbons (Fsp3) is 0.368. The molecular formula is C19H21IN6O3S2. The Morgan fingerprint density at radius 3 is 2.81 bits per heavy atom. The number of hydrogen-bond donors (Lipinski definition) is 2. The van der Waals surface area contributed by atoms with Crippen molar-refractivity contribution in [1.29, 1.82) is 0 Å². The molecule has 0 amide bonds. The van der Waals surface area contributed by atoms with Crippen molar-refractivity contribution >= 4 is 67.1 Å². The summed E-state index contributed by atoms with van der Waals surface area (Å²) in [5, 5.41) is 0.0821. The van der Waals surface area contributed by atoms with Gasteiger partial charge in [0.2, 0.25) is 10.0 Å². The first-order valence-electron chi connectivity index (χ1n) is 9.66. The van der Waals surface area contributed by atoms with Gasteiger partial charge in [-0.2, -0.15) is 0 Å². The van der Waals surface area contributed by atoms with Crippen molar-refractivity contribution in [3.8, 4) is 0 Å². The number of sulfonamides is 1. The number of anilines is 1. The normalized spacial score (nSPS) is 14.0. The average Bonchev–Trinajstić information content (AvgIpc) is 3.24. The molecule has 2 heterocycles. The lowest BCUT2D eigenvalue weighted by molar-refractivity contribution is 0.0994. The van der Waals surface area contributed by atoms with E-state index in [-0.39, 0.29) is 18.1 Å². The van der Waals surface area contributed by atoms with Crippen molar-refractivity contribution in [3.05, 3.63) is 33.2 Å². The van der Waals surface area contributed by atoms with Gasteiger partial charge in [-0.25, -0.2) is 28.1 Å². The van der Waals surface area contributed by atoms with Gasteiger partial charge in [0.1, 0.15) is 6.33 Å². The highest BCUT2D eigenvalue weighted by Crippen LogP contribution is 2.37. The summed E-state index contributed by atoms with van der Waals surface area (Å²) in [5.74, 6) is 0.409. The third-order valence-electron chi connectivity index (χ3n) is 5.07. The zero-order chi connectivity index (χ0) is 22.3. The van der Waals surface area contributed by atoms with Gasteiger partial charge in [-0.3, -0.25) is 4.79 Å². The van der Waals surface area contributed by atoms with Crippen LogP contribution in [0.4, 0.5) is 5.82 Å². The van der Waals surface area contributed by atoms with Gasteiger partial charge < -0.3 is 10.3 Å². The number of benzene rings is 1. The van der Waals surface area contributed by atoms with Crippen LogP contribution in [0.5, 0.6) is 0 Å². The predicted octanol–water partition coefficient (Wildman–Crippen LogP) is 2.62. The van der Waals surface area contributed by atoms with Gasteiger partial charge in [-0.05, 0) is 60.6 Å². The molecule has 12 heteroatoms. The van der Waals surface area contributed by atoms with E-state index in [0.717, 1.165) is 26.0 Å². The number of carbonyl (C=O) groups excluding carboxylic acids is 1. The molecule has 0 spiro atoms. The first kappa shape index (κ1) is 22.4. The Morgan fingerprint density at radius 2 is 2.06 bits per heavy atom. The number of rotatable bonds is 7. The summed E-state index contributed by atoms with van der Waals surface area (Å²) < 4.78 is 29.7. The third kappa shape index (κ3) is 4.43. The number of Topliss-reactive ketones (excluding diaryl/α,β-unsaturated/α-hetero) is 1. The number of imidazole rings is 1. The second-order valence-corrected chi connectivity index (χ2v) is 11.9. The molecular weight excluding hydrogens is 551 g/mol.